The minimum atomic E-state index is -0.632. The summed E-state index contributed by atoms with van der Waals surface area (Å²) in [4.78, 5) is 0. The lowest BCUT2D eigenvalue weighted by Crippen LogP contribution is -2.38. The van der Waals surface area contributed by atoms with Gasteiger partial charge in [0.25, 0.3) is 0 Å². The molecule has 0 aliphatic heterocycles. The molecule has 2 N–H and O–H groups in total. The largest absolute Gasteiger partial charge is 0.490 e. The Morgan fingerprint density at radius 3 is 2.65 bits per heavy atom. The molecule has 3 heteroatoms. The second kappa shape index (κ2) is 7.09. The van der Waals surface area contributed by atoms with Crippen LogP contribution in [0.2, 0.25) is 0 Å². The van der Waals surface area contributed by atoms with Gasteiger partial charge in [-0.2, -0.15) is 0 Å². The summed E-state index contributed by atoms with van der Waals surface area (Å²) in [6, 6.07) is 8.37. The minimum Gasteiger partial charge on any atom is -0.490 e. The molecule has 0 bridgehead atoms. The fourth-order valence-electron chi connectivity index (χ4n) is 2.95. The monoisotopic (exact) mass is 277 g/mol. The summed E-state index contributed by atoms with van der Waals surface area (Å²) in [5, 5.41) is 13.9. The lowest BCUT2D eigenvalue weighted by Gasteiger charge is -2.32. The fourth-order valence-corrected chi connectivity index (χ4v) is 2.95. The van der Waals surface area contributed by atoms with Gasteiger partial charge in [0.2, 0.25) is 0 Å². The molecule has 112 valence electrons. The van der Waals surface area contributed by atoms with Crippen molar-refractivity contribution in [1.29, 1.82) is 0 Å². The number of aliphatic hydroxyl groups is 1. The number of benzene rings is 1. The van der Waals surface area contributed by atoms with Crippen LogP contribution < -0.4 is 10.1 Å². The highest BCUT2D eigenvalue weighted by Gasteiger charge is 2.30. The number of hydrogen-bond donors (Lipinski definition) is 2. The molecule has 1 saturated carbocycles. The standard InChI is InChI=1S/C17H27NO2/c1-3-18-14(2)15-9-5-6-10-16(15)20-13-17(19)11-7-4-8-12-17/h5-6,9-10,14,18-19H,3-4,7-8,11-13H2,1-2H3. The van der Waals surface area contributed by atoms with Crippen LogP contribution in [0.1, 0.15) is 57.6 Å². The van der Waals surface area contributed by atoms with Crippen LogP contribution in [0.15, 0.2) is 24.3 Å². The summed E-state index contributed by atoms with van der Waals surface area (Å²) in [5.41, 5.74) is 0.529. The molecule has 2 rings (SSSR count). The third-order valence-corrected chi connectivity index (χ3v) is 4.18. The first-order valence-corrected chi connectivity index (χ1v) is 7.82. The third kappa shape index (κ3) is 3.97. The van der Waals surface area contributed by atoms with Crippen molar-refractivity contribution in [1.82, 2.24) is 5.32 Å². The molecule has 20 heavy (non-hydrogen) atoms. The molecule has 0 amide bonds. The van der Waals surface area contributed by atoms with E-state index in [-0.39, 0.29) is 6.04 Å². The molecule has 3 nitrogen and oxygen atoms in total. The predicted molar refractivity (Wildman–Crippen MR) is 82.1 cm³/mol. The van der Waals surface area contributed by atoms with E-state index in [0.717, 1.165) is 43.5 Å². The molecule has 1 aromatic carbocycles. The lowest BCUT2D eigenvalue weighted by atomic mass is 9.85. The Kier molecular flexibility index (Phi) is 5.44. The first-order chi connectivity index (χ1) is 9.64. The van der Waals surface area contributed by atoms with Crippen LogP contribution in [0.3, 0.4) is 0 Å². The van der Waals surface area contributed by atoms with Gasteiger partial charge >= 0.3 is 0 Å². The Hall–Kier alpha value is -1.06. The first-order valence-electron chi connectivity index (χ1n) is 7.82. The van der Waals surface area contributed by atoms with E-state index in [1.165, 1.54) is 6.42 Å². The maximum absolute atomic E-state index is 10.5. The van der Waals surface area contributed by atoms with Crippen molar-refractivity contribution in [2.45, 2.75) is 57.6 Å². The number of nitrogens with one attached hydrogen (secondary N) is 1. The van der Waals surface area contributed by atoms with Gasteiger partial charge in [0, 0.05) is 11.6 Å². The Morgan fingerprint density at radius 1 is 1.25 bits per heavy atom. The maximum atomic E-state index is 10.5. The molecule has 0 aromatic heterocycles. The third-order valence-electron chi connectivity index (χ3n) is 4.18. The van der Waals surface area contributed by atoms with Crippen LogP contribution in [0.5, 0.6) is 5.75 Å². The van der Waals surface area contributed by atoms with Crippen LogP contribution in [0, 0.1) is 0 Å². The summed E-state index contributed by atoms with van der Waals surface area (Å²) >= 11 is 0. The number of rotatable bonds is 6. The van der Waals surface area contributed by atoms with Gasteiger partial charge in [-0.1, -0.05) is 44.4 Å². The number of ether oxygens (including phenoxy) is 1. The van der Waals surface area contributed by atoms with Gasteiger partial charge < -0.3 is 15.2 Å². The second-order valence-electron chi connectivity index (χ2n) is 5.89. The molecule has 1 unspecified atom stereocenters. The van der Waals surface area contributed by atoms with Crippen LogP contribution >= 0.6 is 0 Å². The van der Waals surface area contributed by atoms with Gasteiger partial charge in [-0.05, 0) is 32.4 Å². The van der Waals surface area contributed by atoms with E-state index in [4.69, 9.17) is 4.74 Å². The molecule has 1 aromatic rings. The van der Waals surface area contributed by atoms with Crippen LogP contribution in [-0.2, 0) is 0 Å². The normalized spacial score (nSPS) is 19.6. The zero-order valence-corrected chi connectivity index (χ0v) is 12.7. The molecular formula is C17H27NO2. The van der Waals surface area contributed by atoms with Gasteiger partial charge in [-0.3, -0.25) is 0 Å². The van der Waals surface area contributed by atoms with E-state index in [1.54, 1.807) is 0 Å². The van der Waals surface area contributed by atoms with Gasteiger partial charge in [-0.15, -0.1) is 0 Å². The van der Waals surface area contributed by atoms with Crippen LogP contribution in [-0.4, -0.2) is 23.9 Å². The fraction of sp³-hybridized carbons (Fsp3) is 0.647. The minimum absolute atomic E-state index is 0.261. The molecule has 1 atom stereocenters. The smallest absolute Gasteiger partial charge is 0.124 e. The number of para-hydroxylation sites is 1. The first kappa shape index (κ1) is 15.3. The summed E-state index contributed by atoms with van der Waals surface area (Å²) in [6.45, 7) is 5.58. The highest BCUT2D eigenvalue weighted by molar-refractivity contribution is 5.35. The van der Waals surface area contributed by atoms with Crippen molar-refractivity contribution >= 4 is 0 Å². The van der Waals surface area contributed by atoms with Gasteiger partial charge in [-0.25, -0.2) is 0 Å². The SMILES string of the molecule is CCNC(C)c1ccccc1OCC1(O)CCCCC1. The van der Waals surface area contributed by atoms with Crippen LogP contribution in [0.4, 0.5) is 0 Å². The van der Waals surface area contributed by atoms with E-state index >= 15 is 0 Å². The van der Waals surface area contributed by atoms with Crippen molar-refractivity contribution < 1.29 is 9.84 Å². The topological polar surface area (TPSA) is 41.5 Å². The Morgan fingerprint density at radius 2 is 1.95 bits per heavy atom. The summed E-state index contributed by atoms with van der Waals surface area (Å²) in [7, 11) is 0. The quantitative estimate of drug-likeness (QED) is 0.837. The zero-order chi connectivity index (χ0) is 14.4. The zero-order valence-electron chi connectivity index (χ0n) is 12.7. The molecule has 1 aliphatic carbocycles. The molecule has 1 aliphatic rings. The van der Waals surface area contributed by atoms with Gasteiger partial charge in [0.15, 0.2) is 0 Å². The summed E-state index contributed by atoms with van der Waals surface area (Å²) in [6.07, 6.45) is 5.16. The second-order valence-corrected chi connectivity index (χ2v) is 5.89. The van der Waals surface area contributed by atoms with Crippen molar-refractivity contribution in [3.63, 3.8) is 0 Å². The predicted octanol–water partition coefficient (Wildman–Crippen LogP) is 3.43. The van der Waals surface area contributed by atoms with E-state index in [1.807, 2.05) is 18.2 Å². The van der Waals surface area contributed by atoms with Crippen molar-refractivity contribution in [2.24, 2.45) is 0 Å². The number of hydrogen-bond acceptors (Lipinski definition) is 3. The average Bonchev–Trinajstić information content (AvgIpc) is 2.47. The van der Waals surface area contributed by atoms with E-state index in [0.29, 0.717) is 6.61 Å². The van der Waals surface area contributed by atoms with Crippen LogP contribution in [0.25, 0.3) is 0 Å². The summed E-state index contributed by atoms with van der Waals surface area (Å²) in [5.74, 6) is 0.889. The Bertz CT molecular complexity index is 413. The van der Waals surface area contributed by atoms with Crippen molar-refractivity contribution in [3.05, 3.63) is 29.8 Å². The van der Waals surface area contributed by atoms with E-state index in [2.05, 4.69) is 25.2 Å². The molecule has 0 heterocycles. The molecule has 0 radical (unpaired) electrons. The van der Waals surface area contributed by atoms with Gasteiger partial charge in [0.1, 0.15) is 12.4 Å². The van der Waals surface area contributed by atoms with Gasteiger partial charge in [0.05, 0.1) is 5.60 Å². The van der Waals surface area contributed by atoms with Crippen molar-refractivity contribution in [3.8, 4) is 5.75 Å². The van der Waals surface area contributed by atoms with Crippen molar-refractivity contribution in [2.75, 3.05) is 13.2 Å². The van der Waals surface area contributed by atoms with E-state index < -0.39 is 5.60 Å². The Labute approximate surface area is 122 Å². The highest BCUT2D eigenvalue weighted by Crippen LogP contribution is 2.30. The molecule has 1 fully saturated rings. The molecule has 0 spiro atoms. The van der Waals surface area contributed by atoms with E-state index in [9.17, 15) is 5.11 Å². The summed E-state index contributed by atoms with van der Waals surface area (Å²) < 4.78 is 5.96. The molecule has 0 saturated heterocycles. The average molecular weight is 277 g/mol. The Balaban J connectivity index is 2.01. The molecular weight excluding hydrogens is 250 g/mol. The lowest BCUT2D eigenvalue weighted by molar-refractivity contribution is -0.0341. The maximum Gasteiger partial charge on any atom is 0.124 e. The highest BCUT2D eigenvalue weighted by atomic mass is 16.5.